The smallest absolute Gasteiger partial charge is 0.241 e. The van der Waals surface area contributed by atoms with Crippen LogP contribution in [-0.4, -0.2) is 43.0 Å². The van der Waals surface area contributed by atoms with Gasteiger partial charge >= 0.3 is 0 Å². The SMILES string of the molecule is Cc1ccc(N2CCN(C(CCc3ccccc3)C(=O)Nc3c(C)cccc3C)CC2)cc1. The topological polar surface area (TPSA) is 35.6 Å². The molecule has 1 atom stereocenters. The van der Waals surface area contributed by atoms with E-state index in [2.05, 4.69) is 96.6 Å². The van der Waals surface area contributed by atoms with E-state index in [1.807, 2.05) is 12.1 Å². The second-order valence-electron chi connectivity index (χ2n) is 9.15. The number of nitrogens with one attached hydrogen (secondary N) is 1. The van der Waals surface area contributed by atoms with E-state index in [0.717, 1.165) is 55.8 Å². The summed E-state index contributed by atoms with van der Waals surface area (Å²) in [5.74, 6) is 0.104. The number of hydrogen-bond acceptors (Lipinski definition) is 3. The second-order valence-corrected chi connectivity index (χ2v) is 9.15. The molecular weight excluding hydrogens is 406 g/mol. The zero-order valence-electron chi connectivity index (χ0n) is 20.1. The highest BCUT2D eigenvalue weighted by Gasteiger charge is 2.29. The Morgan fingerprint density at radius 1 is 0.818 bits per heavy atom. The number of carbonyl (C=O) groups is 1. The van der Waals surface area contributed by atoms with Gasteiger partial charge < -0.3 is 10.2 Å². The molecule has 1 amide bonds. The Kier molecular flexibility index (Phi) is 7.46. The maximum atomic E-state index is 13.6. The van der Waals surface area contributed by atoms with Crippen molar-refractivity contribution < 1.29 is 4.79 Å². The predicted octanol–water partition coefficient (Wildman–Crippen LogP) is 5.37. The summed E-state index contributed by atoms with van der Waals surface area (Å²) in [4.78, 5) is 18.4. The fourth-order valence-electron chi connectivity index (χ4n) is 4.69. The molecule has 1 aliphatic heterocycles. The van der Waals surface area contributed by atoms with Gasteiger partial charge in [0, 0.05) is 37.6 Å². The zero-order chi connectivity index (χ0) is 23.2. The Bertz CT molecular complexity index is 1030. The van der Waals surface area contributed by atoms with Crippen LogP contribution in [0.4, 0.5) is 11.4 Å². The Labute approximate surface area is 198 Å². The van der Waals surface area contributed by atoms with Crippen molar-refractivity contribution in [1.29, 1.82) is 0 Å². The van der Waals surface area contributed by atoms with Crippen molar-refractivity contribution in [3.8, 4) is 0 Å². The lowest BCUT2D eigenvalue weighted by Crippen LogP contribution is -2.54. The van der Waals surface area contributed by atoms with E-state index in [0.29, 0.717) is 0 Å². The molecule has 3 aromatic rings. The molecule has 3 aromatic carbocycles. The fourth-order valence-corrected chi connectivity index (χ4v) is 4.69. The monoisotopic (exact) mass is 441 g/mol. The number of carbonyl (C=O) groups excluding carboxylic acids is 1. The van der Waals surface area contributed by atoms with E-state index in [1.165, 1.54) is 16.8 Å². The van der Waals surface area contributed by atoms with E-state index >= 15 is 0 Å². The molecule has 0 aromatic heterocycles. The lowest BCUT2D eigenvalue weighted by Gasteiger charge is -2.40. The van der Waals surface area contributed by atoms with Crippen molar-refractivity contribution in [2.75, 3.05) is 36.4 Å². The summed E-state index contributed by atoms with van der Waals surface area (Å²) in [6, 6.07) is 25.2. The number of aryl methyl sites for hydroxylation is 4. The van der Waals surface area contributed by atoms with Gasteiger partial charge in [0.15, 0.2) is 0 Å². The minimum Gasteiger partial charge on any atom is -0.369 e. The van der Waals surface area contributed by atoms with Crippen LogP contribution in [0.15, 0.2) is 72.8 Å². The van der Waals surface area contributed by atoms with Crippen molar-refractivity contribution in [2.24, 2.45) is 0 Å². The van der Waals surface area contributed by atoms with Crippen LogP contribution < -0.4 is 10.2 Å². The van der Waals surface area contributed by atoms with Crippen molar-refractivity contribution in [1.82, 2.24) is 4.90 Å². The third-order valence-corrected chi connectivity index (χ3v) is 6.74. The van der Waals surface area contributed by atoms with Crippen LogP contribution in [0.5, 0.6) is 0 Å². The summed E-state index contributed by atoms with van der Waals surface area (Å²) >= 11 is 0. The average Bonchev–Trinajstić information content (AvgIpc) is 2.83. The van der Waals surface area contributed by atoms with Gasteiger partial charge in [0.25, 0.3) is 0 Å². The molecule has 0 saturated carbocycles. The highest BCUT2D eigenvalue weighted by atomic mass is 16.2. The van der Waals surface area contributed by atoms with Crippen molar-refractivity contribution >= 4 is 17.3 Å². The van der Waals surface area contributed by atoms with Gasteiger partial charge in [-0.3, -0.25) is 9.69 Å². The molecule has 0 spiro atoms. The normalized spacial score (nSPS) is 15.3. The molecule has 4 nitrogen and oxygen atoms in total. The van der Waals surface area contributed by atoms with Gasteiger partial charge in [-0.2, -0.15) is 0 Å². The Hall–Kier alpha value is -3.11. The van der Waals surface area contributed by atoms with E-state index in [9.17, 15) is 4.79 Å². The summed E-state index contributed by atoms with van der Waals surface area (Å²) in [7, 11) is 0. The van der Waals surface area contributed by atoms with Crippen LogP contribution in [-0.2, 0) is 11.2 Å². The molecule has 4 heteroatoms. The molecule has 1 unspecified atom stereocenters. The fraction of sp³-hybridized carbons (Fsp3) is 0.345. The average molecular weight is 442 g/mol. The quantitative estimate of drug-likeness (QED) is 0.535. The van der Waals surface area contributed by atoms with E-state index in [4.69, 9.17) is 0 Å². The molecule has 33 heavy (non-hydrogen) atoms. The third kappa shape index (κ3) is 5.82. The Morgan fingerprint density at radius 2 is 1.45 bits per heavy atom. The number of amides is 1. The number of anilines is 2. The molecule has 1 fully saturated rings. The van der Waals surface area contributed by atoms with Crippen LogP contribution in [0, 0.1) is 20.8 Å². The molecule has 1 aliphatic rings. The van der Waals surface area contributed by atoms with Gasteiger partial charge in [-0.1, -0.05) is 66.2 Å². The molecule has 0 radical (unpaired) electrons. The molecule has 0 bridgehead atoms. The minimum absolute atomic E-state index is 0.104. The standard InChI is InChI=1S/C29H35N3O/c1-22-12-15-26(16-13-22)31-18-20-32(21-19-31)27(17-14-25-10-5-4-6-11-25)29(33)30-28-23(2)8-7-9-24(28)3/h4-13,15-16,27H,14,17-21H2,1-3H3,(H,30,33). The zero-order valence-corrected chi connectivity index (χ0v) is 20.1. The van der Waals surface area contributed by atoms with Crippen molar-refractivity contribution in [3.63, 3.8) is 0 Å². The summed E-state index contributed by atoms with van der Waals surface area (Å²) < 4.78 is 0. The summed E-state index contributed by atoms with van der Waals surface area (Å²) in [5, 5.41) is 3.27. The third-order valence-electron chi connectivity index (χ3n) is 6.74. The first kappa shape index (κ1) is 23.1. The maximum absolute atomic E-state index is 13.6. The summed E-state index contributed by atoms with van der Waals surface area (Å²) in [6.45, 7) is 9.86. The van der Waals surface area contributed by atoms with Gasteiger partial charge in [0.2, 0.25) is 5.91 Å². The van der Waals surface area contributed by atoms with Crippen LogP contribution in [0.25, 0.3) is 0 Å². The molecule has 1 heterocycles. The molecule has 1 N–H and O–H groups in total. The molecule has 172 valence electrons. The van der Waals surface area contributed by atoms with Gasteiger partial charge in [0.05, 0.1) is 6.04 Å². The number of benzene rings is 3. The minimum atomic E-state index is -0.149. The van der Waals surface area contributed by atoms with E-state index < -0.39 is 0 Å². The largest absolute Gasteiger partial charge is 0.369 e. The second kappa shape index (κ2) is 10.7. The lowest BCUT2D eigenvalue weighted by atomic mass is 10.0. The maximum Gasteiger partial charge on any atom is 0.241 e. The van der Waals surface area contributed by atoms with Gasteiger partial charge in [-0.15, -0.1) is 0 Å². The first-order valence-electron chi connectivity index (χ1n) is 12.0. The molecule has 1 saturated heterocycles. The van der Waals surface area contributed by atoms with Crippen LogP contribution in [0.2, 0.25) is 0 Å². The molecular formula is C29H35N3O. The van der Waals surface area contributed by atoms with Crippen molar-refractivity contribution in [2.45, 2.75) is 39.7 Å². The van der Waals surface area contributed by atoms with Gasteiger partial charge in [-0.25, -0.2) is 0 Å². The Balaban J connectivity index is 1.47. The van der Waals surface area contributed by atoms with Crippen LogP contribution in [0.3, 0.4) is 0 Å². The van der Waals surface area contributed by atoms with E-state index in [1.54, 1.807) is 0 Å². The van der Waals surface area contributed by atoms with Crippen LogP contribution >= 0.6 is 0 Å². The number of para-hydroxylation sites is 1. The highest BCUT2D eigenvalue weighted by molar-refractivity contribution is 5.96. The molecule has 0 aliphatic carbocycles. The summed E-state index contributed by atoms with van der Waals surface area (Å²) in [6.07, 6.45) is 1.70. The number of nitrogens with zero attached hydrogens (tertiary/aromatic N) is 2. The lowest BCUT2D eigenvalue weighted by molar-refractivity contribution is -0.121. The highest BCUT2D eigenvalue weighted by Crippen LogP contribution is 2.23. The predicted molar refractivity (Wildman–Crippen MR) is 138 cm³/mol. The van der Waals surface area contributed by atoms with E-state index in [-0.39, 0.29) is 11.9 Å². The number of piperazine rings is 1. The van der Waals surface area contributed by atoms with Crippen LogP contribution in [0.1, 0.15) is 28.7 Å². The van der Waals surface area contributed by atoms with Gasteiger partial charge in [-0.05, 0) is 62.4 Å². The first-order valence-corrected chi connectivity index (χ1v) is 12.0. The first-order chi connectivity index (χ1) is 16.0. The summed E-state index contributed by atoms with van der Waals surface area (Å²) in [5.41, 5.74) is 6.98. The molecule has 4 rings (SSSR count). The number of hydrogen-bond donors (Lipinski definition) is 1. The van der Waals surface area contributed by atoms with Crippen molar-refractivity contribution in [3.05, 3.63) is 95.1 Å². The number of rotatable bonds is 7. The Morgan fingerprint density at radius 3 is 2.09 bits per heavy atom. The van der Waals surface area contributed by atoms with Gasteiger partial charge in [0.1, 0.15) is 0 Å².